The van der Waals surface area contributed by atoms with E-state index in [9.17, 15) is 83.1 Å². The third-order valence-electron chi connectivity index (χ3n) is 2.37. The minimum atomic E-state index is -10.7. The first-order valence-corrected chi connectivity index (χ1v) is 7.32. The Balaban J connectivity index is 7.70. The van der Waals surface area contributed by atoms with Crippen LogP contribution in [-0.2, 0) is 0 Å². The van der Waals surface area contributed by atoms with E-state index in [-0.39, 0.29) is 0 Å². The highest BCUT2D eigenvalue weighted by Gasteiger charge is 2.87. The highest BCUT2D eigenvalue weighted by Crippen LogP contribution is 2.52. The van der Waals surface area contributed by atoms with Crippen LogP contribution in [0.3, 0.4) is 0 Å². The minimum absolute atomic E-state index is 4.66. The van der Waals surface area contributed by atoms with E-state index < -0.39 is 60.4 Å². The molecular weight excluding hydrogens is 503 g/mol. The zero-order valence-corrected chi connectivity index (χ0v) is 13.0. The maximum absolute atomic E-state index is 14.4. The van der Waals surface area contributed by atoms with Crippen molar-refractivity contribution in [3.05, 3.63) is 0 Å². The molecule has 0 spiro atoms. The van der Waals surface area contributed by atoms with E-state index in [1.54, 1.807) is 0 Å². The Morgan fingerprint density at radius 3 is 0.483 bits per heavy atom. The second-order valence-electron chi connectivity index (χ2n) is 4.37. The standard InChI is InChI=1S/C6F19N3Si/c7-1(8,9)26(2(10,11)12)29(25,27(3(13,14)15)4(16,17)18)28(5(19,20)21)6(22,23)24. The lowest BCUT2D eigenvalue weighted by Gasteiger charge is -2.47. The summed E-state index contributed by atoms with van der Waals surface area (Å²) < 4.78 is 225. The molecule has 0 saturated carbocycles. The molecule has 0 saturated heterocycles. The number of hydrogen-bond donors (Lipinski definition) is 0. The molecule has 0 aliphatic carbocycles. The molecule has 0 atom stereocenters. The van der Waals surface area contributed by atoms with Crippen LogP contribution in [0, 0.1) is 0 Å². The second kappa shape index (κ2) is 7.18. The van der Waals surface area contributed by atoms with Crippen LogP contribution < -0.4 is 0 Å². The Morgan fingerprint density at radius 2 is 0.414 bits per heavy atom. The van der Waals surface area contributed by atoms with Crippen molar-refractivity contribution in [1.82, 2.24) is 13.7 Å². The van der Waals surface area contributed by atoms with Crippen LogP contribution >= 0.6 is 0 Å². The highest BCUT2D eigenvalue weighted by atomic mass is 28.4. The van der Waals surface area contributed by atoms with Crippen molar-refractivity contribution in [2.75, 3.05) is 0 Å². The number of hydrogen-bond acceptors (Lipinski definition) is 3. The van der Waals surface area contributed by atoms with E-state index in [2.05, 4.69) is 0 Å². The summed E-state index contributed by atoms with van der Waals surface area (Å²) in [6, 6.07) is 0. The van der Waals surface area contributed by atoms with Crippen molar-refractivity contribution < 1.29 is 83.1 Å². The Labute approximate surface area is 145 Å². The van der Waals surface area contributed by atoms with E-state index in [1.807, 2.05) is 0 Å². The smallest absolute Gasteiger partial charge is 0.251 e. The topological polar surface area (TPSA) is 9.72 Å². The zero-order chi connectivity index (χ0) is 24.2. The molecule has 0 amide bonds. The summed E-state index contributed by atoms with van der Waals surface area (Å²) in [5, 5.41) is 0. The molecule has 0 rings (SSSR count). The van der Waals surface area contributed by atoms with Crippen molar-refractivity contribution in [1.29, 1.82) is 0 Å². The predicted octanol–water partition coefficient (Wildman–Crippen LogP) is 5.42. The molecule has 0 heterocycles. The first-order valence-electron chi connectivity index (χ1n) is 5.60. The van der Waals surface area contributed by atoms with Gasteiger partial charge >= 0.3 is 46.7 Å². The SMILES string of the molecule is FC(F)(F)N(C(F)(F)F)[Si](F)(N(C(F)(F)F)C(F)(F)F)N(C(F)(F)F)C(F)(F)F. The van der Waals surface area contributed by atoms with Gasteiger partial charge in [0.05, 0.1) is 0 Å². The van der Waals surface area contributed by atoms with E-state index >= 15 is 0 Å². The van der Waals surface area contributed by atoms with Crippen molar-refractivity contribution in [3.63, 3.8) is 0 Å². The van der Waals surface area contributed by atoms with Crippen LogP contribution in [0.5, 0.6) is 0 Å². The summed E-state index contributed by atoms with van der Waals surface area (Å²) in [5.41, 5.74) is 0. The van der Waals surface area contributed by atoms with E-state index in [1.165, 1.54) is 0 Å². The van der Waals surface area contributed by atoms with Gasteiger partial charge < -0.3 is 0 Å². The Kier molecular flexibility index (Phi) is 6.87. The Hall–Kier alpha value is -1.23. The van der Waals surface area contributed by atoms with Crippen molar-refractivity contribution >= 4 is 8.89 Å². The van der Waals surface area contributed by atoms with Crippen LogP contribution in [0.2, 0.25) is 0 Å². The number of halogens is 19. The lowest BCUT2D eigenvalue weighted by Crippen LogP contribution is -2.85. The largest absolute Gasteiger partial charge is 0.531 e. The molecule has 0 aliphatic heterocycles. The molecular formula is C6F19N3Si. The maximum atomic E-state index is 14.4. The molecule has 0 unspecified atom stereocenters. The number of nitrogens with zero attached hydrogens (tertiary/aromatic N) is 3. The fourth-order valence-electron chi connectivity index (χ4n) is 1.70. The molecule has 176 valence electrons. The number of alkyl halides is 18. The van der Waals surface area contributed by atoms with Crippen LogP contribution in [0.4, 0.5) is 83.1 Å². The van der Waals surface area contributed by atoms with E-state index in [0.29, 0.717) is 0 Å². The normalized spacial score (nSPS) is 16.3. The Morgan fingerprint density at radius 1 is 0.310 bits per heavy atom. The van der Waals surface area contributed by atoms with Crippen molar-refractivity contribution in [2.45, 2.75) is 37.8 Å². The summed E-state index contributed by atoms with van der Waals surface area (Å²) in [5.74, 6) is 0. The van der Waals surface area contributed by atoms with E-state index in [0.717, 1.165) is 0 Å². The van der Waals surface area contributed by atoms with E-state index in [4.69, 9.17) is 0 Å². The van der Waals surface area contributed by atoms with Gasteiger partial charge in [-0.1, -0.05) is 13.7 Å². The predicted molar refractivity (Wildman–Crippen MR) is 48.7 cm³/mol. The summed E-state index contributed by atoms with van der Waals surface area (Å²) in [6.45, 7) is 0. The fraction of sp³-hybridized carbons (Fsp3) is 1.00. The van der Waals surface area contributed by atoms with Gasteiger partial charge in [-0.2, -0.15) is 79.0 Å². The molecule has 3 nitrogen and oxygen atoms in total. The number of rotatable bonds is 3. The van der Waals surface area contributed by atoms with Gasteiger partial charge in [-0.15, -0.1) is 0 Å². The van der Waals surface area contributed by atoms with Crippen molar-refractivity contribution in [3.8, 4) is 0 Å². The van der Waals surface area contributed by atoms with Gasteiger partial charge in [0.2, 0.25) is 0 Å². The average molecular weight is 503 g/mol. The summed E-state index contributed by atoms with van der Waals surface area (Å²) >= 11 is 0. The molecule has 29 heavy (non-hydrogen) atoms. The molecule has 23 heteroatoms. The first-order chi connectivity index (χ1) is 12.1. The van der Waals surface area contributed by atoms with Gasteiger partial charge in [0.15, 0.2) is 0 Å². The summed E-state index contributed by atoms with van der Waals surface area (Å²) in [7, 11) is -10.7. The van der Waals surface area contributed by atoms with Crippen LogP contribution in [0.25, 0.3) is 0 Å². The lowest BCUT2D eigenvalue weighted by molar-refractivity contribution is -0.407. The minimum Gasteiger partial charge on any atom is -0.251 e. The van der Waals surface area contributed by atoms with Gasteiger partial charge in [-0.25, -0.2) is 0 Å². The van der Waals surface area contributed by atoms with Crippen molar-refractivity contribution in [2.24, 2.45) is 0 Å². The van der Waals surface area contributed by atoms with Gasteiger partial charge in [-0.05, 0) is 0 Å². The lowest BCUT2D eigenvalue weighted by atomic mass is 10.9. The third kappa shape index (κ3) is 5.90. The zero-order valence-electron chi connectivity index (χ0n) is 12.0. The van der Waals surface area contributed by atoms with Crippen LogP contribution in [0.1, 0.15) is 0 Å². The molecule has 0 N–H and O–H groups in total. The van der Waals surface area contributed by atoms with Crippen LogP contribution in [-0.4, -0.2) is 60.4 Å². The molecule has 0 bridgehead atoms. The monoisotopic (exact) mass is 503 g/mol. The molecule has 0 radical (unpaired) electrons. The molecule has 0 aromatic carbocycles. The third-order valence-corrected chi connectivity index (χ3v) is 5.60. The molecule has 0 fully saturated rings. The quantitative estimate of drug-likeness (QED) is 0.221. The average Bonchev–Trinajstić information content (AvgIpc) is 2.11. The van der Waals surface area contributed by atoms with Gasteiger partial charge in [0.1, 0.15) is 0 Å². The summed E-state index contributed by atoms with van der Waals surface area (Å²) in [4.78, 5) is 0. The van der Waals surface area contributed by atoms with Gasteiger partial charge in [0, 0.05) is 0 Å². The summed E-state index contributed by atoms with van der Waals surface area (Å²) in [6.07, 6.45) is -47.8. The highest BCUT2D eigenvalue weighted by molar-refractivity contribution is 6.65. The molecule has 0 aromatic rings. The van der Waals surface area contributed by atoms with Gasteiger partial charge in [0.25, 0.3) is 0 Å². The second-order valence-corrected chi connectivity index (χ2v) is 6.82. The van der Waals surface area contributed by atoms with Gasteiger partial charge in [-0.3, -0.25) is 4.11 Å². The first kappa shape index (κ1) is 27.8. The Bertz CT molecular complexity index is 439. The maximum Gasteiger partial charge on any atom is 0.531 e. The fourth-order valence-corrected chi connectivity index (χ4v) is 4.23. The molecule has 0 aliphatic rings. The molecule has 0 aromatic heterocycles. The van der Waals surface area contributed by atoms with Crippen LogP contribution in [0.15, 0.2) is 0 Å².